The van der Waals surface area contributed by atoms with Gasteiger partial charge in [-0.2, -0.15) is 0 Å². The highest BCUT2D eigenvalue weighted by molar-refractivity contribution is 6.35. The van der Waals surface area contributed by atoms with Crippen LogP contribution in [0.3, 0.4) is 0 Å². The van der Waals surface area contributed by atoms with Gasteiger partial charge in [0, 0.05) is 31.5 Å². The third-order valence-electron chi connectivity index (χ3n) is 6.40. The molecule has 3 heterocycles. The fourth-order valence-electron chi connectivity index (χ4n) is 4.91. The van der Waals surface area contributed by atoms with Crippen LogP contribution in [0.1, 0.15) is 56.4 Å². The first-order valence-electron chi connectivity index (χ1n) is 10.2. The van der Waals surface area contributed by atoms with Crippen molar-refractivity contribution in [3.05, 3.63) is 22.5 Å². The maximum absolute atomic E-state index is 13.4. The van der Waals surface area contributed by atoms with Gasteiger partial charge < -0.3 is 15.1 Å². The lowest BCUT2D eigenvalue weighted by Crippen LogP contribution is -2.52. The summed E-state index contributed by atoms with van der Waals surface area (Å²) in [6.07, 6.45) is 4.50. The number of piperidine rings is 1. The van der Waals surface area contributed by atoms with Crippen LogP contribution >= 0.6 is 11.6 Å². The molecule has 0 radical (unpaired) electrons. The number of anilines is 1. The molecular formula is C20H23ClF2N4O2. The summed E-state index contributed by atoms with van der Waals surface area (Å²) in [4.78, 5) is 18.8. The average Bonchev–Trinajstić information content (AvgIpc) is 3.06. The van der Waals surface area contributed by atoms with Gasteiger partial charge in [-0.1, -0.05) is 30.9 Å². The van der Waals surface area contributed by atoms with Crippen LogP contribution in [0.25, 0.3) is 11.1 Å². The van der Waals surface area contributed by atoms with Gasteiger partial charge in [0.2, 0.25) is 5.89 Å². The van der Waals surface area contributed by atoms with Gasteiger partial charge in [-0.15, -0.1) is 0 Å². The van der Waals surface area contributed by atoms with Crippen LogP contribution in [-0.2, 0) is 12.1 Å². The number of benzene rings is 1. The Morgan fingerprint density at radius 1 is 1.17 bits per heavy atom. The number of fused-ring (bicyclic) bond motifs is 4. The van der Waals surface area contributed by atoms with E-state index in [-0.39, 0.29) is 18.9 Å². The maximum Gasteiger partial charge on any atom is 0.319 e. The minimum absolute atomic E-state index is 0.145. The van der Waals surface area contributed by atoms with Crippen molar-refractivity contribution in [2.75, 3.05) is 18.4 Å². The van der Waals surface area contributed by atoms with E-state index in [0.29, 0.717) is 47.3 Å². The maximum atomic E-state index is 13.4. The van der Waals surface area contributed by atoms with Gasteiger partial charge >= 0.3 is 6.03 Å². The molecule has 2 amide bonds. The first kappa shape index (κ1) is 19.1. The predicted octanol–water partition coefficient (Wildman–Crippen LogP) is 5.01. The monoisotopic (exact) mass is 424 g/mol. The molecule has 1 aromatic carbocycles. The van der Waals surface area contributed by atoms with E-state index < -0.39 is 11.5 Å². The summed E-state index contributed by atoms with van der Waals surface area (Å²) >= 11 is 6.50. The molecule has 1 saturated carbocycles. The molecule has 6 nitrogen and oxygen atoms in total. The molecule has 2 fully saturated rings. The fraction of sp³-hybridized carbons (Fsp3) is 0.600. The van der Waals surface area contributed by atoms with Crippen molar-refractivity contribution in [2.45, 2.75) is 63.0 Å². The highest BCUT2D eigenvalue weighted by Gasteiger charge is 2.44. The number of hydrogen-bond acceptors (Lipinski definition) is 4. The standard InChI is InChI=1S/C20H23ClF2N4O2/c21-12-10-13-17(29-14(24-13)11-27-8-6-20(22,23)7-9-27)15-16(12)25-18(28)26-19(15)4-2-1-3-5-19/h10H,1-9,11H2,(H2,25,26,28). The minimum atomic E-state index is -2.58. The molecule has 156 valence electrons. The van der Waals surface area contributed by atoms with E-state index >= 15 is 0 Å². The molecule has 1 aromatic heterocycles. The summed E-state index contributed by atoms with van der Waals surface area (Å²) in [5, 5.41) is 6.38. The molecule has 2 aliphatic heterocycles. The van der Waals surface area contributed by atoms with E-state index in [2.05, 4.69) is 15.6 Å². The van der Waals surface area contributed by atoms with Crippen molar-refractivity contribution in [1.29, 1.82) is 0 Å². The lowest BCUT2D eigenvalue weighted by molar-refractivity contribution is -0.0577. The zero-order chi connectivity index (χ0) is 20.2. The highest BCUT2D eigenvalue weighted by Crippen LogP contribution is 2.48. The first-order chi connectivity index (χ1) is 13.9. The number of amides is 2. The smallest absolute Gasteiger partial charge is 0.319 e. The van der Waals surface area contributed by atoms with Crippen molar-refractivity contribution < 1.29 is 18.0 Å². The lowest BCUT2D eigenvalue weighted by Gasteiger charge is -2.42. The quantitative estimate of drug-likeness (QED) is 0.711. The van der Waals surface area contributed by atoms with Crippen LogP contribution in [-0.4, -0.2) is 34.9 Å². The summed E-state index contributed by atoms with van der Waals surface area (Å²) in [5.74, 6) is -2.10. The first-order valence-corrected chi connectivity index (χ1v) is 10.5. The molecule has 1 saturated heterocycles. The normalized spacial score (nSPS) is 23.6. The molecule has 0 bridgehead atoms. The molecule has 0 atom stereocenters. The number of alkyl halides is 2. The second kappa shape index (κ2) is 6.80. The summed E-state index contributed by atoms with van der Waals surface area (Å²) < 4.78 is 33.0. The SMILES string of the molecule is O=C1Nc2c(Cl)cc3nc(CN4CCC(F)(F)CC4)oc3c2C2(CCCCC2)N1. The highest BCUT2D eigenvalue weighted by atomic mass is 35.5. The van der Waals surface area contributed by atoms with Gasteiger partial charge in [0.05, 0.1) is 22.8 Å². The number of likely N-dealkylation sites (tertiary alicyclic amines) is 1. The zero-order valence-corrected chi connectivity index (χ0v) is 16.7. The van der Waals surface area contributed by atoms with Gasteiger partial charge in [-0.05, 0) is 18.9 Å². The van der Waals surface area contributed by atoms with Crippen molar-refractivity contribution in [3.63, 3.8) is 0 Å². The Labute approximate surface area is 172 Å². The van der Waals surface area contributed by atoms with Crippen molar-refractivity contribution in [3.8, 4) is 0 Å². The number of hydrogen-bond donors (Lipinski definition) is 2. The Morgan fingerprint density at radius 3 is 2.62 bits per heavy atom. The van der Waals surface area contributed by atoms with Crippen LogP contribution < -0.4 is 10.6 Å². The molecule has 9 heteroatoms. The van der Waals surface area contributed by atoms with Crippen LogP contribution in [0.5, 0.6) is 0 Å². The lowest BCUT2D eigenvalue weighted by atomic mass is 9.74. The third-order valence-corrected chi connectivity index (χ3v) is 6.70. The number of carbonyl (C=O) groups excluding carboxylic acids is 1. The summed E-state index contributed by atoms with van der Waals surface area (Å²) in [6.45, 7) is 1.00. The van der Waals surface area contributed by atoms with E-state index in [1.807, 2.05) is 4.90 Å². The Bertz CT molecular complexity index is 961. The van der Waals surface area contributed by atoms with Gasteiger partial charge in [0.1, 0.15) is 5.52 Å². The Morgan fingerprint density at radius 2 is 1.90 bits per heavy atom. The van der Waals surface area contributed by atoms with E-state index in [9.17, 15) is 13.6 Å². The van der Waals surface area contributed by atoms with E-state index in [4.69, 9.17) is 16.0 Å². The number of aromatic nitrogens is 1. The summed E-state index contributed by atoms with van der Waals surface area (Å²) in [6, 6.07) is 1.45. The van der Waals surface area contributed by atoms with Crippen molar-refractivity contribution in [1.82, 2.24) is 15.2 Å². The van der Waals surface area contributed by atoms with E-state index in [1.165, 1.54) is 0 Å². The molecular weight excluding hydrogens is 402 g/mol. The predicted molar refractivity (Wildman–Crippen MR) is 105 cm³/mol. The Kier molecular flexibility index (Phi) is 4.47. The minimum Gasteiger partial charge on any atom is -0.439 e. The van der Waals surface area contributed by atoms with Gasteiger partial charge in [-0.3, -0.25) is 4.90 Å². The van der Waals surface area contributed by atoms with Crippen LogP contribution in [0, 0.1) is 0 Å². The number of oxazole rings is 1. The van der Waals surface area contributed by atoms with Crippen LogP contribution in [0.15, 0.2) is 10.5 Å². The van der Waals surface area contributed by atoms with Crippen LogP contribution in [0.4, 0.5) is 19.3 Å². The molecule has 2 N–H and O–H groups in total. The molecule has 3 aliphatic rings. The number of nitrogens with one attached hydrogen (secondary N) is 2. The van der Waals surface area contributed by atoms with Crippen molar-refractivity contribution >= 4 is 34.4 Å². The topological polar surface area (TPSA) is 70.4 Å². The molecule has 1 aliphatic carbocycles. The molecule has 0 unspecified atom stereocenters. The Hall–Kier alpha value is -1.93. The van der Waals surface area contributed by atoms with Crippen LogP contribution in [0.2, 0.25) is 5.02 Å². The molecule has 5 rings (SSSR count). The third kappa shape index (κ3) is 3.36. The number of carbonyl (C=O) groups is 1. The number of halogens is 3. The average molecular weight is 425 g/mol. The van der Waals surface area contributed by atoms with E-state index in [0.717, 1.165) is 37.7 Å². The summed E-state index contributed by atoms with van der Waals surface area (Å²) in [7, 11) is 0. The second-order valence-corrected chi connectivity index (χ2v) is 8.83. The van der Waals surface area contributed by atoms with Gasteiger partial charge in [-0.25, -0.2) is 18.6 Å². The second-order valence-electron chi connectivity index (χ2n) is 8.42. The van der Waals surface area contributed by atoms with Gasteiger partial charge in [0.15, 0.2) is 5.58 Å². The number of nitrogens with zero attached hydrogens (tertiary/aromatic N) is 2. The molecule has 29 heavy (non-hydrogen) atoms. The summed E-state index contributed by atoms with van der Waals surface area (Å²) in [5.41, 5.74) is 2.20. The number of urea groups is 1. The molecule has 2 aromatic rings. The molecule has 1 spiro atoms. The number of rotatable bonds is 2. The fourth-order valence-corrected chi connectivity index (χ4v) is 5.16. The zero-order valence-electron chi connectivity index (χ0n) is 16.0. The Balaban J connectivity index is 1.53. The van der Waals surface area contributed by atoms with E-state index in [1.54, 1.807) is 6.07 Å². The van der Waals surface area contributed by atoms with Gasteiger partial charge in [0.25, 0.3) is 5.92 Å². The largest absolute Gasteiger partial charge is 0.439 e. The van der Waals surface area contributed by atoms with Crippen molar-refractivity contribution in [2.24, 2.45) is 0 Å².